The number of benzene rings is 1. The highest BCUT2D eigenvalue weighted by atomic mass is 35.5. The van der Waals surface area contributed by atoms with E-state index in [-0.39, 0.29) is 11.4 Å². The van der Waals surface area contributed by atoms with Crippen LogP contribution in [-0.2, 0) is 6.54 Å². The summed E-state index contributed by atoms with van der Waals surface area (Å²) in [6.45, 7) is 2.39. The fourth-order valence-corrected chi connectivity index (χ4v) is 1.96. The van der Waals surface area contributed by atoms with Crippen molar-refractivity contribution >= 4 is 11.6 Å². The molecule has 0 unspecified atom stereocenters. The maximum atomic E-state index is 9.02. The highest BCUT2D eigenvalue weighted by Gasteiger charge is 2.11. The maximum Gasteiger partial charge on any atom is 0.176 e. The quantitative estimate of drug-likeness (QED) is 0.830. The van der Waals surface area contributed by atoms with Crippen molar-refractivity contribution in [3.8, 4) is 12.1 Å². The van der Waals surface area contributed by atoms with Gasteiger partial charge in [0.25, 0.3) is 0 Å². The zero-order valence-corrected chi connectivity index (χ0v) is 10.4. The van der Waals surface area contributed by atoms with E-state index >= 15 is 0 Å². The Morgan fingerprint density at radius 1 is 1.33 bits per heavy atom. The lowest BCUT2D eigenvalue weighted by Gasteiger charge is -2.07. The third-order valence-corrected chi connectivity index (χ3v) is 2.95. The largest absolute Gasteiger partial charge is 0.317 e. The third-order valence-electron chi connectivity index (χ3n) is 2.60. The summed E-state index contributed by atoms with van der Waals surface area (Å²) in [5.41, 5.74) is 2.36. The molecule has 0 amide bonds. The average Bonchev–Trinajstić information content (AvgIpc) is 2.74. The zero-order valence-electron chi connectivity index (χ0n) is 9.68. The normalized spacial score (nSPS) is 9.78. The fraction of sp³-hybridized carbons (Fsp3) is 0.154. The smallest absolute Gasteiger partial charge is 0.176 e. The number of hydrogen-bond acceptors (Lipinski definition) is 3. The van der Waals surface area contributed by atoms with Gasteiger partial charge in [-0.15, -0.1) is 0 Å². The van der Waals surface area contributed by atoms with Gasteiger partial charge in [0.05, 0.1) is 12.9 Å². The molecule has 0 fully saturated rings. The number of nitriles is 2. The molecule has 0 aliphatic heterocycles. The lowest BCUT2D eigenvalue weighted by Crippen LogP contribution is -2.02. The highest BCUT2D eigenvalue weighted by Crippen LogP contribution is 2.19. The number of imidazole rings is 1. The number of rotatable bonds is 2. The minimum Gasteiger partial charge on any atom is -0.317 e. The van der Waals surface area contributed by atoms with Gasteiger partial charge < -0.3 is 4.57 Å². The lowest BCUT2D eigenvalue weighted by molar-refractivity contribution is 0.785. The number of aryl methyl sites for hydroxylation is 1. The maximum absolute atomic E-state index is 9.02. The van der Waals surface area contributed by atoms with Crippen LogP contribution in [0.2, 0.25) is 5.02 Å². The molecular weight excluding hydrogens is 248 g/mol. The van der Waals surface area contributed by atoms with Crippen LogP contribution in [0.3, 0.4) is 0 Å². The Balaban J connectivity index is 2.38. The Morgan fingerprint density at radius 3 is 2.72 bits per heavy atom. The summed E-state index contributed by atoms with van der Waals surface area (Å²) in [6.07, 6.45) is 1.48. The van der Waals surface area contributed by atoms with Crippen molar-refractivity contribution < 1.29 is 0 Å². The van der Waals surface area contributed by atoms with Crippen molar-refractivity contribution in [1.29, 1.82) is 10.5 Å². The van der Waals surface area contributed by atoms with Crippen LogP contribution in [0.4, 0.5) is 0 Å². The van der Waals surface area contributed by atoms with Crippen molar-refractivity contribution in [2.24, 2.45) is 0 Å². The van der Waals surface area contributed by atoms with Crippen molar-refractivity contribution in [2.45, 2.75) is 13.5 Å². The van der Waals surface area contributed by atoms with Crippen LogP contribution >= 0.6 is 11.6 Å². The van der Waals surface area contributed by atoms with Crippen LogP contribution in [0, 0.1) is 29.6 Å². The Bertz CT molecular complexity index is 673. The van der Waals surface area contributed by atoms with Gasteiger partial charge in [-0.3, -0.25) is 0 Å². The summed E-state index contributed by atoms with van der Waals surface area (Å²) in [6, 6.07) is 9.60. The predicted octanol–water partition coefficient (Wildman–Crippen LogP) is 2.64. The molecule has 0 atom stereocenters. The molecule has 0 saturated heterocycles. The van der Waals surface area contributed by atoms with Crippen molar-refractivity contribution in [1.82, 2.24) is 9.55 Å². The Morgan fingerprint density at radius 2 is 2.11 bits per heavy atom. The lowest BCUT2D eigenvalue weighted by atomic mass is 10.1. The van der Waals surface area contributed by atoms with Crippen LogP contribution < -0.4 is 0 Å². The van der Waals surface area contributed by atoms with Gasteiger partial charge in [-0.05, 0) is 24.1 Å². The van der Waals surface area contributed by atoms with Gasteiger partial charge in [-0.2, -0.15) is 10.5 Å². The second-order valence-corrected chi connectivity index (χ2v) is 4.30. The monoisotopic (exact) mass is 256 g/mol. The minimum atomic E-state index is 0.140. The summed E-state index contributed by atoms with van der Waals surface area (Å²) < 4.78 is 1.62. The molecule has 1 heterocycles. The molecule has 18 heavy (non-hydrogen) atoms. The van der Waals surface area contributed by atoms with E-state index in [2.05, 4.69) is 4.98 Å². The van der Waals surface area contributed by atoms with E-state index in [0.29, 0.717) is 11.6 Å². The molecule has 88 valence electrons. The number of hydrogen-bond donors (Lipinski definition) is 0. The molecule has 0 saturated carbocycles. The molecule has 1 aromatic heterocycles. The predicted molar refractivity (Wildman–Crippen MR) is 66.9 cm³/mol. The van der Waals surface area contributed by atoms with E-state index in [4.69, 9.17) is 22.1 Å². The van der Waals surface area contributed by atoms with Crippen LogP contribution in [-0.4, -0.2) is 9.55 Å². The van der Waals surface area contributed by atoms with E-state index in [1.807, 2.05) is 37.3 Å². The van der Waals surface area contributed by atoms with Crippen molar-refractivity contribution in [3.05, 3.63) is 52.1 Å². The minimum absolute atomic E-state index is 0.140. The second kappa shape index (κ2) is 4.91. The van der Waals surface area contributed by atoms with Crippen LogP contribution in [0.25, 0.3) is 0 Å². The third kappa shape index (κ3) is 2.20. The van der Waals surface area contributed by atoms with Gasteiger partial charge in [0, 0.05) is 5.02 Å². The first kappa shape index (κ1) is 12.2. The summed E-state index contributed by atoms with van der Waals surface area (Å²) in [4.78, 5) is 3.89. The molecular formula is C13H9ClN4. The van der Waals surface area contributed by atoms with Crippen LogP contribution in [0.5, 0.6) is 0 Å². The molecule has 0 bridgehead atoms. The molecule has 0 spiro atoms. The van der Waals surface area contributed by atoms with Crippen molar-refractivity contribution in [2.75, 3.05) is 0 Å². The summed E-state index contributed by atoms with van der Waals surface area (Å²) in [5.74, 6) is 0. The summed E-state index contributed by atoms with van der Waals surface area (Å²) >= 11 is 6.13. The van der Waals surface area contributed by atoms with E-state index in [0.717, 1.165) is 11.1 Å². The van der Waals surface area contributed by atoms with E-state index in [1.165, 1.54) is 6.33 Å². The Labute approximate surface area is 110 Å². The van der Waals surface area contributed by atoms with Crippen LogP contribution in [0.1, 0.15) is 22.5 Å². The van der Waals surface area contributed by atoms with Gasteiger partial charge >= 0.3 is 0 Å². The standard InChI is InChI=1S/C13H9ClN4/c1-9-2-3-10(11(14)4-9)7-18-8-17-12(5-15)13(18)6-16/h2-4,8H,7H2,1H3. The SMILES string of the molecule is Cc1ccc(Cn2cnc(C#N)c2C#N)c(Cl)c1. The Hall–Kier alpha value is -2.30. The van der Waals surface area contributed by atoms with Gasteiger partial charge in [-0.1, -0.05) is 23.7 Å². The molecule has 2 aromatic rings. The second-order valence-electron chi connectivity index (χ2n) is 3.89. The molecule has 4 nitrogen and oxygen atoms in total. The number of halogens is 1. The average molecular weight is 257 g/mol. The zero-order chi connectivity index (χ0) is 13.1. The van der Waals surface area contributed by atoms with Crippen molar-refractivity contribution in [3.63, 3.8) is 0 Å². The molecule has 5 heteroatoms. The molecule has 1 aromatic carbocycles. The van der Waals surface area contributed by atoms with Gasteiger partial charge in [0.1, 0.15) is 12.1 Å². The first-order valence-corrected chi connectivity index (χ1v) is 5.64. The van der Waals surface area contributed by atoms with Crippen LogP contribution in [0.15, 0.2) is 24.5 Å². The highest BCUT2D eigenvalue weighted by molar-refractivity contribution is 6.31. The van der Waals surface area contributed by atoms with Gasteiger partial charge in [-0.25, -0.2) is 4.98 Å². The van der Waals surface area contributed by atoms with Gasteiger partial charge in [0.15, 0.2) is 11.4 Å². The van der Waals surface area contributed by atoms with E-state index in [9.17, 15) is 0 Å². The van der Waals surface area contributed by atoms with E-state index < -0.39 is 0 Å². The summed E-state index contributed by atoms with van der Waals surface area (Å²) in [5, 5.41) is 18.5. The number of nitrogens with zero attached hydrogens (tertiary/aromatic N) is 4. The molecule has 0 N–H and O–H groups in total. The molecule has 0 radical (unpaired) electrons. The first-order valence-electron chi connectivity index (χ1n) is 5.26. The molecule has 2 rings (SSSR count). The topological polar surface area (TPSA) is 65.4 Å². The first-order chi connectivity index (χ1) is 8.65. The Kier molecular flexibility index (Phi) is 3.32. The van der Waals surface area contributed by atoms with Gasteiger partial charge in [0.2, 0.25) is 0 Å². The molecule has 0 aliphatic carbocycles. The molecule has 0 aliphatic rings. The number of aromatic nitrogens is 2. The fourth-order valence-electron chi connectivity index (χ4n) is 1.67. The van der Waals surface area contributed by atoms with E-state index in [1.54, 1.807) is 4.57 Å². The summed E-state index contributed by atoms with van der Waals surface area (Å²) in [7, 11) is 0.